The molecule has 0 bridgehead atoms. The first-order chi connectivity index (χ1) is 8.25. The van der Waals surface area contributed by atoms with Crippen molar-refractivity contribution < 1.29 is 0 Å². The number of rotatable bonds is 5. The molecule has 17 heavy (non-hydrogen) atoms. The predicted octanol–water partition coefficient (Wildman–Crippen LogP) is 2.12. The van der Waals surface area contributed by atoms with Gasteiger partial charge in [0.05, 0.1) is 0 Å². The van der Waals surface area contributed by atoms with Gasteiger partial charge >= 0.3 is 0 Å². The molecule has 1 heterocycles. The van der Waals surface area contributed by atoms with Crippen LogP contribution in [0.1, 0.15) is 38.5 Å². The quantitative estimate of drug-likeness (QED) is 0.852. The molecule has 0 spiro atoms. The maximum Gasteiger partial charge on any atom is 0.145 e. The molecule has 0 saturated heterocycles. The van der Waals surface area contributed by atoms with Crippen LogP contribution in [0.3, 0.4) is 0 Å². The first-order valence-corrected chi connectivity index (χ1v) is 6.75. The van der Waals surface area contributed by atoms with Crippen molar-refractivity contribution >= 4 is 5.82 Å². The average molecular weight is 236 g/mol. The number of nitrogens with zero attached hydrogens (tertiary/aromatic N) is 3. The van der Waals surface area contributed by atoms with Crippen LogP contribution in [0.15, 0.2) is 12.3 Å². The van der Waals surface area contributed by atoms with Crippen LogP contribution in [0.2, 0.25) is 0 Å². The van der Waals surface area contributed by atoms with E-state index in [-0.39, 0.29) is 0 Å². The van der Waals surface area contributed by atoms with E-state index in [0.29, 0.717) is 5.82 Å². The number of hydrogen-bond acceptors (Lipinski definition) is 3. The Kier molecular flexibility index (Phi) is 4.42. The third kappa shape index (κ3) is 3.73. The summed E-state index contributed by atoms with van der Waals surface area (Å²) in [5, 5.41) is 4.20. The molecule has 2 N–H and O–H groups in total. The molecule has 0 aromatic carbocycles. The van der Waals surface area contributed by atoms with Crippen molar-refractivity contribution in [1.29, 1.82) is 0 Å². The van der Waals surface area contributed by atoms with E-state index in [1.54, 1.807) is 0 Å². The molecule has 0 amide bonds. The lowest BCUT2D eigenvalue weighted by molar-refractivity contribution is 0.187. The third-order valence-electron chi connectivity index (χ3n) is 3.76. The van der Waals surface area contributed by atoms with E-state index in [1.165, 1.54) is 32.1 Å². The van der Waals surface area contributed by atoms with Crippen molar-refractivity contribution in [3.05, 3.63) is 12.3 Å². The van der Waals surface area contributed by atoms with Crippen LogP contribution in [0.4, 0.5) is 5.82 Å². The van der Waals surface area contributed by atoms with Gasteiger partial charge in [0.25, 0.3) is 0 Å². The molecule has 0 aliphatic heterocycles. The fourth-order valence-corrected chi connectivity index (χ4v) is 2.69. The molecular weight excluding hydrogens is 212 g/mol. The summed E-state index contributed by atoms with van der Waals surface area (Å²) in [6.45, 7) is 2.12. The van der Waals surface area contributed by atoms with Gasteiger partial charge in [-0.25, -0.2) is 0 Å². The van der Waals surface area contributed by atoms with E-state index in [4.69, 9.17) is 5.73 Å². The van der Waals surface area contributed by atoms with E-state index in [0.717, 1.165) is 25.6 Å². The minimum Gasteiger partial charge on any atom is -0.382 e. The number of anilines is 1. The van der Waals surface area contributed by atoms with E-state index in [2.05, 4.69) is 17.0 Å². The van der Waals surface area contributed by atoms with E-state index < -0.39 is 0 Å². The summed E-state index contributed by atoms with van der Waals surface area (Å²) in [5.74, 6) is 0.616. The topological polar surface area (TPSA) is 47.1 Å². The highest BCUT2D eigenvalue weighted by Crippen LogP contribution is 2.21. The Balaban J connectivity index is 1.67. The van der Waals surface area contributed by atoms with Crippen molar-refractivity contribution in [2.24, 2.45) is 0 Å². The Morgan fingerprint density at radius 3 is 2.82 bits per heavy atom. The molecular formula is C13H24N4. The van der Waals surface area contributed by atoms with Gasteiger partial charge in [-0.2, -0.15) is 5.10 Å². The first kappa shape index (κ1) is 12.4. The summed E-state index contributed by atoms with van der Waals surface area (Å²) in [6.07, 6.45) is 10.1. The number of hydrogen-bond donors (Lipinski definition) is 1. The lowest BCUT2D eigenvalue weighted by Crippen LogP contribution is -2.34. The summed E-state index contributed by atoms with van der Waals surface area (Å²) in [4.78, 5) is 2.52. The highest BCUT2D eigenvalue weighted by molar-refractivity contribution is 5.23. The number of nitrogen functional groups attached to an aromatic ring is 1. The highest BCUT2D eigenvalue weighted by atomic mass is 15.3. The number of aryl methyl sites for hydroxylation is 1. The molecule has 1 aliphatic rings. The van der Waals surface area contributed by atoms with Gasteiger partial charge in [0.1, 0.15) is 5.82 Å². The Labute approximate surface area is 104 Å². The fourth-order valence-electron chi connectivity index (χ4n) is 2.69. The Bertz CT molecular complexity index is 328. The lowest BCUT2D eigenvalue weighted by Gasteiger charge is -2.31. The van der Waals surface area contributed by atoms with Crippen molar-refractivity contribution in [2.75, 3.05) is 19.3 Å². The Morgan fingerprint density at radius 2 is 2.18 bits per heavy atom. The Morgan fingerprint density at radius 1 is 1.41 bits per heavy atom. The van der Waals surface area contributed by atoms with Crippen molar-refractivity contribution in [2.45, 2.75) is 51.1 Å². The third-order valence-corrected chi connectivity index (χ3v) is 3.76. The van der Waals surface area contributed by atoms with Crippen molar-refractivity contribution in [3.63, 3.8) is 0 Å². The molecule has 4 heteroatoms. The van der Waals surface area contributed by atoms with Crippen LogP contribution in [-0.2, 0) is 6.54 Å². The molecule has 0 radical (unpaired) electrons. The summed E-state index contributed by atoms with van der Waals surface area (Å²) < 4.78 is 1.93. The van der Waals surface area contributed by atoms with Gasteiger partial charge in [-0.15, -0.1) is 0 Å². The standard InChI is InChI=1S/C13H24N4/c1-16(12-6-3-2-4-7-12)9-5-10-17-11-8-13(14)15-17/h8,11-12H,2-7,9-10H2,1H3,(H2,14,15). The normalized spacial score (nSPS) is 17.8. The van der Waals surface area contributed by atoms with Gasteiger partial charge in [0, 0.05) is 18.8 Å². The van der Waals surface area contributed by atoms with E-state index >= 15 is 0 Å². The van der Waals surface area contributed by atoms with Crippen LogP contribution in [-0.4, -0.2) is 34.3 Å². The molecule has 4 nitrogen and oxygen atoms in total. The summed E-state index contributed by atoms with van der Waals surface area (Å²) in [6, 6.07) is 2.66. The summed E-state index contributed by atoms with van der Waals surface area (Å²) >= 11 is 0. The Hall–Kier alpha value is -1.03. The van der Waals surface area contributed by atoms with Gasteiger partial charge in [-0.1, -0.05) is 19.3 Å². The number of nitrogens with two attached hydrogens (primary N) is 1. The van der Waals surface area contributed by atoms with E-state index in [9.17, 15) is 0 Å². The van der Waals surface area contributed by atoms with E-state index in [1.807, 2.05) is 16.9 Å². The SMILES string of the molecule is CN(CCCn1ccc(N)n1)C1CCCCC1. The molecule has 2 rings (SSSR count). The second-order valence-corrected chi connectivity index (χ2v) is 5.13. The largest absolute Gasteiger partial charge is 0.382 e. The first-order valence-electron chi connectivity index (χ1n) is 6.75. The van der Waals surface area contributed by atoms with Crippen LogP contribution in [0.5, 0.6) is 0 Å². The second kappa shape index (κ2) is 6.05. The maximum absolute atomic E-state index is 5.58. The fraction of sp³-hybridized carbons (Fsp3) is 0.769. The second-order valence-electron chi connectivity index (χ2n) is 5.13. The highest BCUT2D eigenvalue weighted by Gasteiger charge is 2.17. The summed E-state index contributed by atoms with van der Waals surface area (Å²) in [5.41, 5.74) is 5.58. The average Bonchev–Trinajstić information content (AvgIpc) is 2.76. The van der Waals surface area contributed by atoms with Crippen molar-refractivity contribution in [1.82, 2.24) is 14.7 Å². The van der Waals surface area contributed by atoms with Gasteiger partial charge in [0.15, 0.2) is 0 Å². The van der Waals surface area contributed by atoms with Gasteiger partial charge in [0.2, 0.25) is 0 Å². The minimum atomic E-state index is 0.616. The van der Waals surface area contributed by atoms with Gasteiger partial charge in [-0.05, 0) is 38.9 Å². The van der Waals surface area contributed by atoms with Crippen LogP contribution in [0.25, 0.3) is 0 Å². The molecule has 1 aromatic heterocycles. The van der Waals surface area contributed by atoms with Gasteiger partial charge < -0.3 is 10.6 Å². The molecule has 1 fully saturated rings. The van der Waals surface area contributed by atoms with Crippen LogP contribution < -0.4 is 5.73 Å². The zero-order valence-electron chi connectivity index (χ0n) is 10.8. The maximum atomic E-state index is 5.58. The molecule has 1 aromatic rings. The molecule has 96 valence electrons. The monoisotopic (exact) mass is 236 g/mol. The minimum absolute atomic E-state index is 0.616. The summed E-state index contributed by atoms with van der Waals surface area (Å²) in [7, 11) is 2.26. The van der Waals surface area contributed by atoms with Crippen LogP contribution in [0, 0.1) is 0 Å². The number of aromatic nitrogens is 2. The van der Waals surface area contributed by atoms with Crippen LogP contribution >= 0.6 is 0 Å². The lowest BCUT2D eigenvalue weighted by atomic mass is 9.94. The zero-order chi connectivity index (χ0) is 12.1. The predicted molar refractivity (Wildman–Crippen MR) is 70.8 cm³/mol. The van der Waals surface area contributed by atoms with Gasteiger partial charge in [-0.3, -0.25) is 4.68 Å². The molecule has 0 unspecified atom stereocenters. The molecule has 1 aliphatic carbocycles. The van der Waals surface area contributed by atoms with Crippen molar-refractivity contribution in [3.8, 4) is 0 Å². The smallest absolute Gasteiger partial charge is 0.145 e. The zero-order valence-corrected chi connectivity index (χ0v) is 10.8. The molecule has 1 saturated carbocycles. The molecule has 0 atom stereocenters.